The summed E-state index contributed by atoms with van der Waals surface area (Å²) in [6, 6.07) is 23.7. The number of carboxylic acid groups (broad SMARTS) is 1. The number of amides is 1. The number of fused-ring (bicyclic) bond motifs is 1. The van der Waals surface area contributed by atoms with Gasteiger partial charge < -0.3 is 34.6 Å². The number of carbonyl (C=O) groups excluding carboxylic acids is 1. The van der Waals surface area contributed by atoms with Crippen molar-refractivity contribution < 1.29 is 37.3 Å². The average Bonchev–Trinajstić information content (AvgIpc) is 3.84. The Morgan fingerprint density at radius 3 is 2.06 bits per heavy atom. The summed E-state index contributed by atoms with van der Waals surface area (Å²) >= 11 is 0. The fraction of sp³-hybridized carbons (Fsp3) is 0.500. The number of nitrogens with zero attached hydrogens (tertiary/aromatic N) is 3. The predicted octanol–water partition coefficient (Wildman–Crippen LogP) is 6.94. The SMILES string of the molecule is CN1CCN(CCCN(Cc2ccc(-c3ccc(CNCc4ccc5c(c4)OCO5)cc3)cc2)C(=O)CCC2CCCC2)CC1.O=C(O)C(F)(F)F. The highest BCUT2D eigenvalue weighted by molar-refractivity contribution is 5.76. The van der Waals surface area contributed by atoms with E-state index in [1.54, 1.807) is 0 Å². The van der Waals surface area contributed by atoms with Crippen LogP contribution in [0.15, 0.2) is 66.7 Å². The van der Waals surface area contributed by atoms with Crippen LogP contribution in [0.1, 0.15) is 61.6 Å². The van der Waals surface area contributed by atoms with E-state index in [0.717, 1.165) is 82.6 Å². The van der Waals surface area contributed by atoms with Crippen LogP contribution in [0.4, 0.5) is 13.2 Å². The number of aliphatic carboxylic acids is 1. The van der Waals surface area contributed by atoms with Gasteiger partial charge in [0.25, 0.3) is 0 Å². The molecular formula is C40H51F3N4O5. The number of hydrogen-bond donors (Lipinski definition) is 2. The van der Waals surface area contributed by atoms with E-state index in [1.807, 2.05) is 12.1 Å². The smallest absolute Gasteiger partial charge is 0.475 e. The van der Waals surface area contributed by atoms with E-state index in [2.05, 4.69) is 81.7 Å². The molecule has 0 bridgehead atoms. The molecule has 1 aliphatic carbocycles. The number of piperazine rings is 1. The summed E-state index contributed by atoms with van der Waals surface area (Å²) in [7, 11) is 2.20. The maximum Gasteiger partial charge on any atom is 0.490 e. The highest BCUT2D eigenvalue weighted by Gasteiger charge is 2.38. The lowest BCUT2D eigenvalue weighted by atomic mass is 10.0. The first-order valence-electron chi connectivity index (χ1n) is 18.3. The standard InChI is InChI=1S/C38H50N4O3.C2HF3O2/c1-40-21-23-41(24-22-40)19-4-20-42(38(43)18-12-30-5-2-3-6-30)28-32-9-15-35(16-10-32)34-13-7-31(8-14-34)26-39-27-33-11-17-36-37(25-33)45-29-44-36;3-2(4,5)1(6)7/h7-11,13-17,25,30,39H,2-6,12,18-24,26-29H2,1H3;(H,6,7). The first-order valence-corrected chi connectivity index (χ1v) is 18.3. The summed E-state index contributed by atoms with van der Waals surface area (Å²) in [4.78, 5) is 29.4. The van der Waals surface area contributed by atoms with Crippen LogP contribution in [0.2, 0.25) is 0 Å². The second kappa shape index (κ2) is 19.1. The molecule has 0 radical (unpaired) electrons. The minimum atomic E-state index is -5.08. The lowest BCUT2D eigenvalue weighted by Gasteiger charge is -2.33. The number of carboxylic acids is 1. The molecular weight excluding hydrogens is 673 g/mol. The third kappa shape index (κ3) is 12.2. The first-order chi connectivity index (χ1) is 25.0. The van der Waals surface area contributed by atoms with Crippen LogP contribution in [0, 0.1) is 5.92 Å². The zero-order valence-electron chi connectivity index (χ0n) is 30.0. The Hall–Kier alpha value is -4.13. The summed E-state index contributed by atoms with van der Waals surface area (Å²) in [5, 5.41) is 10.7. The van der Waals surface area contributed by atoms with Crippen LogP contribution in [-0.4, -0.2) is 91.0 Å². The second-order valence-electron chi connectivity index (χ2n) is 14.0. The number of hydrogen-bond acceptors (Lipinski definition) is 7. The van der Waals surface area contributed by atoms with E-state index < -0.39 is 12.1 Å². The van der Waals surface area contributed by atoms with Crippen LogP contribution in [0.3, 0.4) is 0 Å². The number of halogens is 3. The van der Waals surface area contributed by atoms with Crippen molar-refractivity contribution in [3.05, 3.63) is 83.4 Å². The molecule has 9 nitrogen and oxygen atoms in total. The van der Waals surface area contributed by atoms with Crippen molar-refractivity contribution in [1.29, 1.82) is 0 Å². The van der Waals surface area contributed by atoms with Gasteiger partial charge in [0.2, 0.25) is 12.7 Å². The van der Waals surface area contributed by atoms with Crippen LogP contribution >= 0.6 is 0 Å². The van der Waals surface area contributed by atoms with Crippen molar-refractivity contribution in [3.63, 3.8) is 0 Å². The average molecular weight is 725 g/mol. The minimum Gasteiger partial charge on any atom is -0.475 e. The van der Waals surface area contributed by atoms with E-state index in [9.17, 15) is 18.0 Å². The molecule has 3 aliphatic rings. The van der Waals surface area contributed by atoms with Crippen molar-refractivity contribution >= 4 is 11.9 Å². The Morgan fingerprint density at radius 1 is 0.846 bits per heavy atom. The lowest BCUT2D eigenvalue weighted by molar-refractivity contribution is -0.192. The minimum absolute atomic E-state index is 0.303. The van der Waals surface area contributed by atoms with Gasteiger partial charge in [0.05, 0.1) is 0 Å². The van der Waals surface area contributed by atoms with Gasteiger partial charge in [-0.1, -0.05) is 80.3 Å². The molecule has 52 heavy (non-hydrogen) atoms. The quantitative estimate of drug-likeness (QED) is 0.185. The molecule has 6 rings (SSSR count). The summed E-state index contributed by atoms with van der Waals surface area (Å²) in [5.74, 6) is -0.0406. The number of alkyl halides is 3. The zero-order chi connectivity index (χ0) is 36.9. The Balaban J connectivity index is 0.000000679. The van der Waals surface area contributed by atoms with Gasteiger partial charge in [-0.25, -0.2) is 4.79 Å². The molecule has 0 atom stereocenters. The van der Waals surface area contributed by atoms with Gasteiger partial charge in [-0.2, -0.15) is 13.2 Å². The second-order valence-corrected chi connectivity index (χ2v) is 14.0. The first kappa shape index (κ1) is 39.1. The van der Waals surface area contributed by atoms with E-state index in [1.165, 1.54) is 53.5 Å². The summed E-state index contributed by atoms with van der Waals surface area (Å²) < 4.78 is 42.6. The van der Waals surface area contributed by atoms with Crippen LogP contribution in [-0.2, 0) is 29.2 Å². The van der Waals surface area contributed by atoms with Crippen molar-refractivity contribution in [2.75, 3.05) is 53.1 Å². The molecule has 2 aliphatic heterocycles. The molecule has 0 unspecified atom stereocenters. The molecule has 12 heteroatoms. The van der Waals surface area contributed by atoms with Crippen molar-refractivity contribution in [2.24, 2.45) is 5.92 Å². The van der Waals surface area contributed by atoms with E-state index in [-0.39, 0.29) is 0 Å². The Morgan fingerprint density at radius 2 is 1.42 bits per heavy atom. The third-order valence-electron chi connectivity index (χ3n) is 10.0. The Kier molecular flexibility index (Phi) is 14.4. The molecule has 282 valence electrons. The van der Waals surface area contributed by atoms with Crippen molar-refractivity contribution in [2.45, 2.75) is 70.8 Å². The molecule has 3 aromatic carbocycles. The number of benzene rings is 3. The van der Waals surface area contributed by atoms with Gasteiger partial charge in [-0.15, -0.1) is 0 Å². The highest BCUT2D eigenvalue weighted by atomic mass is 19.4. The van der Waals surface area contributed by atoms with Crippen molar-refractivity contribution in [3.8, 4) is 22.6 Å². The number of carbonyl (C=O) groups is 2. The molecule has 0 spiro atoms. The number of rotatable bonds is 14. The Labute approximate surface area is 304 Å². The van der Waals surface area contributed by atoms with Gasteiger partial charge in [0, 0.05) is 58.8 Å². The van der Waals surface area contributed by atoms with Crippen LogP contribution in [0.25, 0.3) is 11.1 Å². The zero-order valence-corrected chi connectivity index (χ0v) is 30.0. The molecule has 3 aromatic rings. The van der Waals surface area contributed by atoms with Gasteiger partial charge in [-0.3, -0.25) is 4.79 Å². The number of ether oxygens (including phenoxy) is 2. The third-order valence-corrected chi connectivity index (χ3v) is 10.0. The predicted molar refractivity (Wildman–Crippen MR) is 194 cm³/mol. The van der Waals surface area contributed by atoms with Crippen molar-refractivity contribution in [1.82, 2.24) is 20.0 Å². The lowest BCUT2D eigenvalue weighted by Crippen LogP contribution is -2.45. The summed E-state index contributed by atoms with van der Waals surface area (Å²) in [6.07, 6.45) is 2.97. The maximum absolute atomic E-state index is 13.4. The molecule has 0 aromatic heterocycles. The maximum atomic E-state index is 13.4. The summed E-state index contributed by atoms with van der Waals surface area (Å²) in [5.41, 5.74) is 6.04. The molecule has 2 fully saturated rings. The monoisotopic (exact) mass is 724 g/mol. The largest absolute Gasteiger partial charge is 0.490 e. The van der Waals surface area contributed by atoms with Crippen LogP contribution in [0.5, 0.6) is 11.5 Å². The van der Waals surface area contributed by atoms with Gasteiger partial charge in [-0.05, 0) is 72.3 Å². The number of likely N-dealkylation sites (N-methyl/N-ethyl adjacent to an activating group) is 1. The summed E-state index contributed by atoms with van der Waals surface area (Å²) in [6.45, 7) is 9.01. The van der Waals surface area contributed by atoms with E-state index in [4.69, 9.17) is 19.4 Å². The molecule has 1 saturated carbocycles. The highest BCUT2D eigenvalue weighted by Crippen LogP contribution is 2.32. The fourth-order valence-electron chi connectivity index (χ4n) is 6.87. The van der Waals surface area contributed by atoms with E-state index >= 15 is 0 Å². The molecule has 2 N–H and O–H groups in total. The van der Waals surface area contributed by atoms with E-state index in [0.29, 0.717) is 25.7 Å². The fourth-order valence-corrected chi connectivity index (χ4v) is 6.87. The Bertz CT molecular complexity index is 1570. The van der Waals surface area contributed by atoms with Crippen LogP contribution < -0.4 is 14.8 Å². The normalized spacial score (nSPS) is 16.4. The van der Waals surface area contributed by atoms with Gasteiger partial charge in [0.1, 0.15) is 0 Å². The molecule has 1 amide bonds. The number of nitrogens with one attached hydrogen (secondary N) is 1. The van der Waals surface area contributed by atoms with Gasteiger partial charge >= 0.3 is 12.1 Å². The van der Waals surface area contributed by atoms with Gasteiger partial charge in [0.15, 0.2) is 11.5 Å². The topological polar surface area (TPSA) is 94.6 Å². The molecule has 2 heterocycles. The molecule has 1 saturated heterocycles.